The number of ether oxygens (including phenoxy) is 6. The smallest absolute Gasteiger partial charge is 0.330 e. The average Bonchev–Trinajstić information content (AvgIpc) is 0.768. The Morgan fingerprint density at radius 1 is 0.710 bits per heavy atom. The number of nitrogens with two attached hydrogens (primary N) is 3. The van der Waals surface area contributed by atoms with Gasteiger partial charge in [-0.2, -0.15) is 0 Å². The molecule has 7 aliphatic rings. The molecule has 7 amide bonds. The van der Waals surface area contributed by atoms with E-state index in [1.165, 1.54) is 26.0 Å². The third kappa shape index (κ3) is 15.4. The van der Waals surface area contributed by atoms with Crippen molar-refractivity contribution >= 4 is 70.5 Å². The number of carbonyl (C=O) groups is 8. The fourth-order valence-corrected chi connectivity index (χ4v) is 12.7. The molecule has 12 rings (SSSR count). The number of hydrogen-bond acceptors (Lipinski definition) is 25. The van der Waals surface area contributed by atoms with E-state index in [2.05, 4.69) is 31.9 Å². The van der Waals surface area contributed by atoms with E-state index in [4.69, 9.17) is 68.8 Å². The molecule has 7 aliphatic heterocycles. The molecule has 33 nitrogen and oxygen atoms in total. The molecule has 35 heteroatoms. The van der Waals surface area contributed by atoms with Gasteiger partial charge in [-0.3, -0.25) is 33.6 Å². The Hall–Kier alpha value is -9.20. The van der Waals surface area contributed by atoms with Crippen LogP contribution in [0.3, 0.4) is 0 Å². The predicted molar refractivity (Wildman–Crippen MR) is 344 cm³/mol. The van der Waals surface area contributed by atoms with Crippen molar-refractivity contribution in [3.63, 3.8) is 0 Å². The lowest BCUT2D eigenvalue weighted by Gasteiger charge is -2.47. The van der Waals surface area contributed by atoms with Crippen LogP contribution in [0, 0.1) is 5.92 Å². The molecule has 0 unspecified atom stereocenters. The van der Waals surface area contributed by atoms with Crippen LogP contribution in [0.2, 0.25) is 10.0 Å². The number of aliphatic carboxylic acids is 1. The normalized spacial score (nSPS) is 29.6. The van der Waals surface area contributed by atoms with Gasteiger partial charge in [-0.05, 0) is 103 Å². The Balaban J connectivity index is 1.24. The Morgan fingerprint density at radius 2 is 1.31 bits per heavy atom. The number of nitrogens with one attached hydrogen (secondary N) is 6. The number of phenolic OH excluding ortho intramolecular Hbond substituents is 3. The van der Waals surface area contributed by atoms with E-state index in [0.29, 0.717) is 0 Å². The summed E-state index contributed by atoms with van der Waals surface area (Å²) in [5.41, 5.74) is 14.1. The van der Waals surface area contributed by atoms with E-state index in [1.807, 2.05) is 0 Å². The molecule has 2 fully saturated rings. The van der Waals surface area contributed by atoms with Crippen LogP contribution in [0.25, 0.3) is 11.1 Å². The number of aliphatic hydroxyl groups is 6. The topological polar surface area (TPSA) is 544 Å². The maximum absolute atomic E-state index is 16.0. The minimum atomic E-state index is -2.35. The molecule has 536 valence electrons. The molecule has 0 spiro atoms. The van der Waals surface area contributed by atoms with Crippen molar-refractivity contribution in [2.45, 2.75) is 156 Å². The van der Waals surface area contributed by atoms with Crippen molar-refractivity contribution in [1.82, 2.24) is 31.9 Å². The van der Waals surface area contributed by atoms with Gasteiger partial charge in [0.1, 0.15) is 89.5 Å². The number of aromatic hydroxyl groups is 3. The predicted octanol–water partition coefficient (Wildman–Crippen LogP) is -0.154. The molecule has 0 saturated carbocycles. The number of fused-ring (bicyclic) bond motifs is 15. The number of aliphatic hydroxyl groups excluding tert-OH is 6. The van der Waals surface area contributed by atoms with Gasteiger partial charge in [0.25, 0.3) is 0 Å². The van der Waals surface area contributed by atoms with Gasteiger partial charge in [-0.15, -0.1) is 0 Å². The molecule has 18 atom stereocenters. The summed E-state index contributed by atoms with van der Waals surface area (Å²) in [5.74, 6) is -16.3. The molecular formula is C65H73Cl2N9O24. The number of primary amides is 1. The highest BCUT2D eigenvalue weighted by Gasteiger charge is 2.51. The highest BCUT2D eigenvalue weighted by atomic mass is 35.5. The van der Waals surface area contributed by atoms with E-state index >= 15 is 14.4 Å². The zero-order valence-electron chi connectivity index (χ0n) is 53.4. The summed E-state index contributed by atoms with van der Waals surface area (Å²) in [6.07, 6.45) is -18.8. The fourth-order valence-electron chi connectivity index (χ4n) is 12.3. The zero-order valence-corrected chi connectivity index (χ0v) is 54.9. The van der Waals surface area contributed by atoms with E-state index in [9.17, 15) is 75.0 Å². The lowest BCUT2D eigenvalue weighted by molar-refractivity contribution is -0.333. The number of benzene rings is 5. The summed E-state index contributed by atoms with van der Waals surface area (Å²) in [5, 5.41) is 127. The van der Waals surface area contributed by atoms with Crippen molar-refractivity contribution < 1.29 is 118 Å². The lowest BCUT2D eigenvalue weighted by atomic mass is 9.86. The standard InChI is InChI=1S/C65H73Cl2N9O24/c1-22(2)11-33(68)57(87)75-48-50(82)25-6-9-37(31(66)13-25)96-39-15-27-16-40(54(39)100-64-55(53(85)52(84)41(21-77)98-64)99-43-20-65(4,70)56(86)23(3)95-43)97-38-10-7-26(14-32(38)67)51(83)49-62(92)74-47(63(93)94)30-17-28(78)18-36(80)44(30)29-12-24(5-8-35(29)79)45(59(89)76-49)73-60(90)46(27)72-58(88)34(19-42(69)81)71-61(48)91/h5-10,12-18,22-23,33-34,41,43,45-53,55-56,64,77-80,82-86H,11,19-21,68,70H2,1-4H3,(H2,69,81)(H,71,91)(H,72,88)(H,73,90)(H,74,92)(H,75,87)(H,76,89)(H,93,94)/t23-,33+,34-,41+,43-,45+,46+,47+,48+,49-,50+,51+,52+,53-,55+,56+,64-,65-/m0/s1. The highest BCUT2D eigenvalue weighted by molar-refractivity contribution is 6.32. The van der Waals surface area contributed by atoms with E-state index < -0.39 is 237 Å². The van der Waals surface area contributed by atoms with Crippen LogP contribution in [0.15, 0.2) is 78.9 Å². The molecule has 11 bridgehead atoms. The third-order valence-corrected chi connectivity index (χ3v) is 18.1. The van der Waals surface area contributed by atoms with Gasteiger partial charge in [-0.25, -0.2) is 4.79 Å². The van der Waals surface area contributed by atoms with Gasteiger partial charge >= 0.3 is 5.97 Å². The molecule has 22 N–H and O–H groups in total. The van der Waals surface area contributed by atoms with E-state index in [0.717, 1.165) is 66.7 Å². The van der Waals surface area contributed by atoms with Gasteiger partial charge in [0, 0.05) is 34.7 Å². The number of carboxylic acids is 1. The quantitative estimate of drug-likeness (QED) is 0.0772. The number of amides is 7. The number of rotatable bonds is 12. The summed E-state index contributed by atoms with van der Waals surface area (Å²) in [7, 11) is 0. The van der Waals surface area contributed by atoms with E-state index in [-0.39, 0.29) is 46.2 Å². The second-order valence-electron chi connectivity index (χ2n) is 25.5. The van der Waals surface area contributed by atoms with Crippen LogP contribution in [0.5, 0.6) is 46.0 Å². The molecule has 0 radical (unpaired) electrons. The maximum Gasteiger partial charge on any atom is 0.330 e. The second kappa shape index (κ2) is 29.6. The Bertz CT molecular complexity index is 4060. The molecule has 7 heterocycles. The molecule has 0 aliphatic carbocycles. The highest BCUT2D eigenvalue weighted by Crippen LogP contribution is 2.50. The summed E-state index contributed by atoms with van der Waals surface area (Å²) in [6, 6.07) is -1.18. The fraction of sp³-hybridized carbons (Fsp3) is 0.415. The zero-order chi connectivity index (χ0) is 72.8. The number of halogens is 2. The van der Waals surface area contributed by atoms with Crippen molar-refractivity contribution in [2.24, 2.45) is 23.1 Å². The molecule has 5 aromatic carbocycles. The third-order valence-electron chi connectivity index (χ3n) is 17.5. The summed E-state index contributed by atoms with van der Waals surface area (Å²) in [4.78, 5) is 116. The SMILES string of the molecule is CC(C)C[C@@H](N)C(=O)N[C@H]1C(=O)N[C@@H](CC(N)=O)C(=O)N[C@H]2C(=O)N[C@H]3C(=O)N[C@H](C(=O)N[C@@H](C(=O)O)c4cc(O)cc(O)c4-c4cc3ccc4O)[C@H](O)c3ccc(c(Cl)c3)Oc3cc2cc(c3O[C@@H]2O[C@H](CO)[C@@H](O)[C@H](O)[C@H]2O[C@H]2C[C@](C)(N)[C@H](O)[C@H](C)O2)Oc2ccc(cc2Cl)[C@H]1O. The molecule has 5 aromatic rings. The first-order valence-corrected chi connectivity index (χ1v) is 31.9. The largest absolute Gasteiger partial charge is 0.508 e. The van der Waals surface area contributed by atoms with Gasteiger partial charge in [0.05, 0.1) is 41.3 Å². The van der Waals surface area contributed by atoms with Crippen LogP contribution >= 0.6 is 23.2 Å². The van der Waals surface area contributed by atoms with Crippen LogP contribution in [-0.2, 0) is 52.6 Å². The second-order valence-corrected chi connectivity index (χ2v) is 26.3. The summed E-state index contributed by atoms with van der Waals surface area (Å²) < 4.78 is 38.2. The Morgan fingerprint density at radius 3 is 1.90 bits per heavy atom. The lowest BCUT2D eigenvalue weighted by Crippen LogP contribution is -2.64. The van der Waals surface area contributed by atoms with Crippen LogP contribution in [-0.4, -0.2) is 184 Å². The van der Waals surface area contributed by atoms with Crippen molar-refractivity contribution in [3.05, 3.63) is 117 Å². The molecular weight excluding hydrogens is 1360 g/mol. The van der Waals surface area contributed by atoms with Crippen molar-refractivity contribution in [1.29, 1.82) is 0 Å². The Labute approximate surface area is 577 Å². The average molecular weight is 1440 g/mol. The van der Waals surface area contributed by atoms with Crippen LogP contribution < -0.4 is 63.3 Å². The number of carbonyl (C=O) groups excluding carboxylic acids is 7. The summed E-state index contributed by atoms with van der Waals surface area (Å²) in [6.45, 7) is 5.53. The van der Waals surface area contributed by atoms with Gasteiger partial charge < -0.3 is 129 Å². The van der Waals surface area contributed by atoms with Crippen molar-refractivity contribution in [2.75, 3.05) is 6.61 Å². The van der Waals surface area contributed by atoms with Gasteiger partial charge in [0.15, 0.2) is 29.9 Å². The minimum Gasteiger partial charge on any atom is -0.508 e. The number of hydrogen-bond donors (Lipinski definition) is 19. The monoisotopic (exact) mass is 1430 g/mol. The van der Waals surface area contributed by atoms with Crippen LogP contribution in [0.4, 0.5) is 0 Å². The first-order valence-electron chi connectivity index (χ1n) is 31.2. The van der Waals surface area contributed by atoms with Crippen LogP contribution in [0.1, 0.15) is 105 Å². The maximum atomic E-state index is 16.0. The number of phenols is 3. The van der Waals surface area contributed by atoms with Gasteiger partial charge in [-0.1, -0.05) is 55.2 Å². The molecule has 0 aromatic heterocycles. The number of carboxylic acid groups (broad SMARTS) is 1. The molecule has 2 saturated heterocycles. The van der Waals surface area contributed by atoms with Crippen molar-refractivity contribution in [3.8, 4) is 57.1 Å². The molecule has 100 heavy (non-hydrogen) atoms. The summed E-state index contributed by atoms with van der Waals surface area (Å²) >= 11 is 14.1. The van der Waals surface area contributed by atoms with E-state index in [1.54, 1.807) is 13.8 Å². The first kappa shape index (κ1) is 73.5. The first-order chi connectivity index (χ1) is 47.1. The van der Waals surface area contributed by atoms with Gasteiger partial charge in [0.2, 0.25) is 53.4 Å². The Kier molecular flexibility index (Phi) is 21.7. The minimum absolute atomic E-state index is 0.0742.